The van der Waals surface area contributed by atoms with E-state index < -0.39 is 6.10 Å². The van der Waals surface area contributed by atoms with Crippen LogP contribution in [0.3, 0.4) is 0 Å². The predicted molar refractivity (Wildman–Crippen MR) is 73.5 cm³/mol. The van der Waals surface area contributed by atoms with E-state index in [1.165, 1.54) is 25.7 Å². The summed E-state index contributed by atoms with van der Waals surface area (Å²) in [6.45, 7) is 7.13. The second-order valence-corrected chi connectivity index (χ2v) is 4.29. The van der Waals surface area contributed by atoms with Crippen LogP contribution in [0.1, 0.15) is 39.5 Å². The Labute approximate surface area is 111 Å². The van der Waals surface area contributed by atoms with Gasteiger partial charge in [0.25, 0.3) is 0 Å². The molecule has 0 aliphatic heterocycles. The Balaban J connectivity index is 0. The summed E-state index contributed by atoms with van der Waals surface area (Å²) in [7, 11) is 0. The van der Waals surface area contributed by atoms with Gasteiger partial charge in [-0.3, -0.25) is 0 Å². The van der Waals surface area contributed by atoms with Crippen molar-refractivity contribution in [2.45, 2.75) is 45.6 Å². The Morgan fingerprint density at radius 1 is 0.833 bits per heavy atom. The molecule has 5 heteroatoms. The standard InChI is InChI=1S/C10H23NO.C3H8O3/c1-3-5-7-11(9-10-12)8-6-4-2;4-1-3(6)2-5/h12H,3-10H2,1-2H3;3-6H,1-2H2. The van der Waals surface area contributed by atoms with Crippen molar-refractivity contribution in [3.63, 3.8) is 0 Å². The first kappa shape index (κ1) is 20.1. The van der Waals surface area contributed by atoms with E-state index >= 15 is 0 Å². The summed E-state index contributed by atoms with van der Waals surface area (Å²) < 4.78 is 0. The summed E-state index contributed by atoms with van der Waals surface area (Å²) in [6.07, 6.45) is 4.04. The molecule has 5 nitrogen and oxygen atoms in total. The summed E-state index contributed by atoms with van der Waals surface area (Å²) in [4.78, 5) is 2.35. The van der Waals surface area contributed by atoms with Gasteiger partial charge in [-0.15, -0.1) is 0 Å². The van der Waals surface area contributed by atoms with E-state index in [9.17, 15) is 0 Å². The number of aliphatic hydroxyl groups excluding tert-OH is 4. The monoisotopic (exact) mass is 265 g/mol. The lowest BCUT2D eigenvalue weighted by Crippen LogP contribution is -2.28. The third kappa shape index (κ3) is 15.8. The van der Waals surface area contributed by atoms with E-state index in [4.69, 9.17) is 20.4 Å². The molecule has 0 aromatic carbocycles. The third-order valence-corrected chi connectivity index (χ3v) is 2.49. The Bertz CT molecular complexity index is 135. The highest BCUT2D eigenvalue weighted by Gasteiger charge is 2.01. The van der Waals surface area contributed by atoms with Crippen LogP contribution in [0.4, 0.5) is 0 Å². The van der Waals surface area contributed by atoms with Crippen molar-refractivity contribution in [2.24, 2.45) is 0 Å². The third-order valence-electron chi connectivity index (χ3n) is 2.49. The van der Waals surface area contributed by atoms with Gasteiger partial charge in [-0.05, 0) is 25.9 Å². The minimum atomic E-state index is -0.954. The van der Waals surface area contributed by atoms with Crippen molar-refractivity contribution >= 4 is 0 Å². The molecule has 18 heavy (non-hydrogen) atoms. The maximum absolute atomic E-state index is 8.79. The first-order valence-corrected chi connectivity index (χ1v) is 6.89. The zero-order valence-corrected chi connectivity index (χ0v) is 11.9. The summed E-state index contributed by atoms with van der Waals surface area (Å²) in [5.74, 6) is 0. The highest BCUT2D eigenvalue weighted by molar-refractivity contribution is 4.56. The van der Waals surface area contributed by atoms with Crippen LogP contribution in [0.5, 0.6) is 0 Å². The molecule has 0 aromatic heterocycles. The fraction of sp³-hybridized carbons (Fsp3) is 1.00. The highest BCUT2D eigenvalue weighted by Crippen LogP contribution is 1.97. The van der Waals surface area contributed by atoms with Gasteiger partial charge < -0.3 is 25.3 Å². The van der Waals surface area contributed by atoms with Crippen LogP contribution in [-0.2, 0) is 0 Å². The lowest BCUT2D eigenvalue weighted by molar-refractivity contribution is 0.0450. The Kier molecular flexibility index (Phi) is 18.8. The molecule has 4 N–H and O–H groups in total. The maximum Gasteiger partial charge on any atom is 0.100 e. The quantitative estimate of drug-likeness (QED) is 0.454. The van der Waals surface area contributed by atoms with Crippen molar-refractivity contribution in [3.8, 4) is 0 Å². The number of hydrogen-bond acceptors (Lipinski definition) is 5. The van der Waals surface area contributed by atoms with Gasteiger partial charge >= 0.3 is 0 Å². The molecule has 0 aromatic rings. The molecule has 0 heterocycles. The topological polar surface area (TPSA) is 84.2 Å². The summed E-state index contributed by atoms with van der Waals surface area (Å²) in [6, 6.07) is 0. The molecule has 0 spiro atoms. The van der Waals surface area contributed by atoms with Gasteiger partial charge in [0.2, 0.25) is 0 Å². The molecule has 0 rings (SSSR count). The Morgan fingerprint density at radius 2 is 1.28 bits per heavy atom. The average Bonchev–Trinajstić information content (AvgIpc) is 2.41. The molecular formula is C13H31NO4. The molecule has 0 aliphatic carbocycles. The van der Waals surface area contributed by atoms with E-state index in [0.717, 1.165) is 19.6 Å². The van der Waals surface area contributed by atoms with E-state index in [2.05, 4.69) is 18.7 Å². The number of hydrogen-bond donors (Lipinski definition) is 4. The van der Waals surface area contributed by atoms with E-state index in [0.29, 0.717) is 6.61 Å². The second-order valence-electron chi connectivity index (χ2n) is 4.29. The van der Waals surface area contributed by atoms with E-state index in [1.54, 1.807) is 0 Å². The molecule has 0 saturated carbocycles. The van der Waals surface area contributed by atoms with Gasteiger partial charge in [0.1, 0.15) is 6.10 Å². The molecule has 0 fully saturated rings. The summed E-state index contributed by atoms with van der Waals surface area (Å²) in [5, 5.41) is 32.8. The zero-order valence-electron chi connectivity index (χ0n) is 11.9. The van der Waals surface area contributed by atoms with Crippen molar-refractivity contribution in [1.29, 1.82) is 0 Å². The normalized spacial score (nSPS) is 10.7. The van der Waals surface area contributed by atoms with Crippen LogP contribution in [0.2, 0.25) is 0 Å². The van der Waals surface area contributed by atoms with Crippen molar-refractivity contribution in [3.05, 3.63) is 0 Å². The van der Waals surface area contributed by atoms with E-state index in [1.807, 2.05) is 0 Å². The van der Waals surface area contributed by atoms with Gasteiger partial charge in [0.05, 0.1) is 19.8 Å². The first-order chi connectivity index (χ1) is 8.65. The van der Waals surface area contributed by atoms with Crippen LogP contribution in [0.25, 0.3) is 0 Å². The first-order valence-electron chi connectivity index (χ1n) is 6.89. The summed E-state index contributed by atoms with van der Waals surface area (Å²) in [5.41, 5.74) is 0. The molecule has 112 valence electrons. The van der Waals surface area contributed by atoms with Crippen molar-refractivity contribution < 1.29 is 20.4 Å². The van der Waals surface area contributed by atoms with Gasteiger partial charge in [0.15, 0.2) is 0 Å². The van der Waals surface area contributed by atoms with Gasteiger partial charge in [-0.25, -0.2) is 0 Å². The fourth-order valence-electron chi connectivity index (χ4n) is 1.30. The molecule has 0 unspecified atom stereocenters. The molecule has 0 saturated heterocycles. The van der Waals surface area contributed by atoms with Crippen LogP contribution in [0, 0.1) is 0 Å². The Morgan fingerprint density at radius 3 is 1.50 bits per heavy atom. The second kappa shape index (κ2) is 16.8. The fourth-order valence-corrected chi connectivity index (χ4v) is 1.30. The smallest absolute Gasteiger partial charge is 0.100 e. The molecule has 0 aliphatic rings. The molecular weight excluding hydrogens is 234 g/mol. The lowest BCUT2D eigenvalue weighted by atomic mass is 10.2. The molecule has 0 amide bonds. The van der Waals surface area contributed by atoms with Gasteiger partial charge in [-0.1, -0.05) is 26.7 Å². The minimum Gasteiger partial charge on any atom is -0.395 e. The van der Waals surface area contributed by atoms with Crippen LogP contribution < -0.4 is 0 Å². The summed E-state index contributed by atoms with van der Waals surface area (Å²) >= 11 is 0. The highest BCUT2D eigenvalue weighted by atomic mass is 16.3. The molecule has 0 radical (unpaired) electrons. The number of rotatable bonds is 10. The SMILES string of the molecule is CCCCN(CCO)CCCC.OCC(O)CO. The van der Waals surface area contributed by atoms with Crippen LogP contribution in [-0.4, -0.2) is 70.9 Å². The maximum atomic E-state index is 8.79. The van der Waals surface area contributed by atoms with E-state index in [-0.39, 0.29) is 13.2 Å². The van der Waals surface area contributed by atoms with Crippen molar-refractivity contribution in [2.75, 3.05) is 39.5 Å². The van der Waals surface area contributed by atoms with Gasteiger partial charge in [0, 0.05) is 6.54 Å². The van der Waals surface area contributed by atoms with Crippen LogP contribution in [0.15, 0.2) is 0 Å². The average molecular weight is 265 g/mol. The Hall–Kier alpha value is -0.200. The van der Waals surface area contributed by atoms with Crippen molar-refractivity contribution in [1.82, 2.24) is 4.90 Å². The molecule has 0 bridgehead atoms. The predicted octanol–water partition coefficient (Wildman–Crippen LogP) is 0.213. The number of nitrogens with zero attached hydrogens (tertiary/aromatic N) is 1. The zero-order chi connectivity index (χ0) is 14.2. The number of unbranched alkanes of at least 4 members (excludes halogenated alkanes) is 2. The molecule has 0 atom stereocenters. The lowest BCUT2D eigenvalue weighted by Gasteiger charge is -2.20. The van der Waals surface area contributed by atoms with Gasteiger partial charge in [-0.2, -0.15) is 0 Å². The minimum absolute atomic E-state index is 0.299. The largest absolute Gasteiger partial charge is 0.395 e. The number of aliphatic hydroxyl groups is 4. The van der Waals surface area contributed by atoms with Crippen LogP contribution >= 0.6 is 0 Å².